The predicted molar refractivity (Wildman–Crippen MR) is 115 cm³/mol. The Balaban J connectivity index is 1.35. The molecule has 8 heteroatoms. The summed E-state index contributed by atoms with van der Waals surface area (Å²) in [6, 6.07) is 5.50. The van der Waals surface area contributed by atoms with Crippen LogP contribution in [0, 0.1) is 13.8 Å². The number of hydrogen-bond donors (Lipinski definition) is 1. The van der Waals surface area contributed by atoms with Gasteiger partial charge in [0.2, 0.25) is 0 Å². The summed E-state index contributed by atoms with van der Waals surface area (Å²) in [6.07, 6.45) is 4.18. The van der Waals surface area contributed by atoms with E-state index in [0.29, 0.717) is 38.3 Å². The number of aryl methyl sites for hydroxylation is 2. The highest BCUT2D eigenvalue weighted by Crippen LogP contribution is 2.40. The number of likely N-dealkylation sites (tertiary alicyclic amines) is 1. The molecule has 3 aliphatic heterocycles. The zero-order valence-electron chi connectivity index (χ0n) is 18.0. The van der Waals surface area contributed by atoms with Crippen molar-refractivity contribution in [3.63, 3.8) is 0 Å². The molecule has 5 rings (SSSR count). The molecule has 8 nitrogen and oxygen atoms in total. The highest BCUT2D eigenvalue weighted by atomic mass is 16.5. The highest BCUT2D eigenvalue weighted by molar-refractivity contribution is 5.99. The summed E-state index contributed by atoms with van der Waals surface area (Å²) < 4.78 is 6.26. The van der Waals surface area contributed by atoms with E-state index in [-0.39, 0.29) is 11.9 Å². The minimum Gasteiger partial charge on any atom is -0.368 e. The van der Waals surface area contributed by atoms with Crippen molar-refractivity contribution in [2.24, 2.45) is 0 Å². The minimum absolute atomic E-state index is 0.00870. The molecule has 4 heterocycles. The van der Waals surface area contributed by atoms with E-state index in [2.05, 4.69) is 10.3 Å². The molecule has 0 atom stereocenters. The lowest BCUT2D eigenvalue weighted by Gasteiger charge is -2.44. The number of urea groups is 1. The molecule has 1 spiro atoms. The van der Waals surface area contributed by atoms with Crippen LogP contribution in [0.4, 0.5) is 10.5 Å². The van der Waals surface area contributed by atoms with Gasteiger partial charge in [0, 0.05) is 43.6 Å². The Labute approximate surface area is 181 Å². The quantitative estimate of drug-likeness (QED) is 0.804. The largest absolute Gasteiger partial charge is 0.368 e. The first kappa shape index (κ1) is 19.9. The highest BCUT2D eigenvalue weighted by Gasteiger charge is 2.43. The van der Waals surface area contributed by atoms with E-state index >= 15 is 0 Å². The Kier molecular flexibility index (Phi) is 4.89. The fraction of sp³-hybridized carbons (Fsp3) is 0.478. The fourth-order valence-electron chi connectivity index (χ4n) is 4.87. The maximum atomic E-state index is 13.3. The van der Waals surface area contributed by atoms with Crippen molar-refractivity contribution in [3.05, 3.63) is 52.6 Å². The molecule has 2 fully saturated rings. The number of anilines is 1. The molecule has 3 amide bonds. The third kappa shape index (κ3) is 3.44. The molecule has 162 valence electrons. The van der Waals surface area contributed by atoms with Crippen LogP contribution in [0.1, 0.15) is 45.8 Å². The van der Waals surface area contributed by atoms with Crippen LogP contribution in [0.25, 0.3) is 0 Å². The molecule has 2 saturated heterocycles. The monoisotopic (exact) mass is 421 g/mol. The molecule has 1 N–H and O–H groups in total. The van der Waals surface area contributed by atoms with E-state index in [1.54, 1.807) is 4.90 Å². The third-order valence-electron chi connectivity index (χ3n) is 6.63. The van der Waals surface area contributed by atoms with Gasteiger partial charge in [0.15, 0.2) is 0 Å². The van der Waals surface area contributed by atoms with Crippen LogP contribution in [-0.4, -0.2) is 59.6 Å². The van der Waals surface area contributed by atoms with Crippen LogP contribution in [0.3, 0.4) is 0 Å². The molecule has 1 aromatic heterocycles. The Morgan fingerprint density at radius 2 is 2.00 bits per heavy atom. The second kappa shape index (κ2) is 7.60. The van der Waals surface area contributed by atoms with Crippen molar-refractivity contribution in [1.82, 2.24) is 20.2 Å². The van der Waals surface area contributed by atoms with E-state index in [1.807, 2.05) is 43.1 Å². The number of carbonyl (C=O) groups excluding carboxylic acids is 2. The van der Waals surface area contributed by atoms with E-state index in [1.165, 1.54) is 0 Å². The van der Waals surface area contributed by atoms with Crippen molar-refractivity contribution >= 4 is 17.6 Å². The number of rotatable bonds is 2. The standard InChI is InChI=1S/C23H27N5O3/c1-15-3-4-17(13-19(15)28-11-8-24-22(28)30)21(29)27-9-6-23(7-10-27)20-18(5-12-31-23)14-25-16(2)26-20/h3-4,13-14H,5-12H2,1-2H3,(H,24,30). The lowest BCUT2D eigenvalue weighted by atomic mass is 9.83. The molecule has 3 aliphatic rings. The number of aromatic nitrogens is 2. The van der Waals surface area contributed by atoms with E-state index in [9.17, 15) is 9.59 Å². The molecular weight excluding hydrogens is 394 g/mol. The summed E-state index contributed by atoms with van der Waals surface area (Å²) in [6.45, 7) is 6.96. The van der Waals surface area contributed by atoms with Gasteiger partial charge in [-0.25, -0.2) is 14.8 Å². The zero-order chi connectivity index (χ0) is 21.6. The lowest BCUT2D eigenvalue weighted by molar-refractivity contribution is -0.0968. The van der Waals surface area contributed by atoms with Gasteiger partial charge in [-0.3, -0.25) is 9.69 Å². The smallest absolute Gasteiger partial charge is 0.322 e. The molecule has 1 aromatic carbocycles. The van der Waals surface area contributed by atoms with Crippen LogP contribution < -0.4 is 10.2 Å². The van der Waals surface area contributed by atoms with E-state index in [4.69, 9.17) is 9.72 Å². The number of nitrogens with one attached hydrogen (secondary N) is 1. The lowest BCUT2D eigenvalue weighted by Crippen LogP contribution is -2.49. The summed E-state index contributed by atoms with van der Waals surface area (Å²) in [4.78, 5) is 38.0. The molecule has 0 radical (unpaired) electrons. The summed E-state index contributed by atoms with van der Waals surface area (Å²) in [5.74, 6) is 0.742. The van der Waals surface area contributed by atoms with Crippen LogP contribution in [0.5, 0.6) is 0 Å². The zero-order valence-corrected chi connectivity index (χ0v) is 18.0. The van der Waals surface area contributed by atoms with Crippen LogP contribution in [0.15, 0.2) is 24.4 Å². The maximum absolute atomic E-state index is 13.3. The number of amides is 3. The van der Waals surface area contributed by atoms with Crippen LogP contribution in [0.2, 0.25) is 0 Å². The van der Waals surface area contributed by atoms with Crippen molar-refractivity contribution in [1.29, 1.82) is 0 Å². The molecular formula is C23H27N5O3. The number of fused-ring (bicyclic) bond motifs is 2. The van der Waals surface area contributed by atoms with E-state index < -0.39 is 5.60 Å². The first-order valence-corrected chi connectivity index (χ1v) is 10.9. The van der Waals surface area contributed by atoms with Crippen molar-refractivity contribution < 1.29 is 14.3 Å². The Morgan fingerprint density at radius 3 is 2.74 bits per heavy atom. The van der Waals surface area contributed by atoms with Gasteiger partial charge in [-0.05, 0) is 56.4 Å². The molecule has 0 bridgehead atoms. The Morgan fingerprint density at radius 1 is 1.19 bits per heavy atom. The number of hydrogen-bond acceptors (Lipinski definition) is 5. The number of ether oxygens (including phenoxy) is 1. The van der Waals surface area contributed by atoms with E-state index in [0.717, 1.165) is 47.6 Å². The van der Waals surface area contributed by atoms with Crippen molar-refractivity contribution in [3.8, 4) is 0 Å². The second-order valence-electron chi connectivity index (χ2n) is 8.56. The SMILES string of the molecule is Cc1ncc2c(n1)C1(CCN(C(=O)c3ccc(C)c(N4CCNC4=O)c3)CC1)OCC2. The number of benzene rings is 1. The van der Waals surface area contributed by atoms with Crippen LogP contribution in [-0.2, 0) is 16.8 Å². The Bertz CT molecular complexity index is 1050. The van der Waals surface area contributed by atoms with Gasteiger partial charge in [-0.15, -0.1) is 0 Å². The molecule has 0 aliphatic carbocycles. The van der Waals surface area contributed by atoms with Crippen molar-refractivity contribution in [2.45, 2.75) is 38.7 Å². The maximum Gasteiger partial charge on any atom is 0.322 e. The third-order valence-corrected chi connectivity index (χ3v) is 6.63. The minimum atomic E-state index is -0.426. The average Bonchev–Trinajstić information content (AvgIpc) is 3.20. The summed E-state index contributed by atoms with van der Waals surface area (Å²) in [5, 5.41) is 2.82. The van der Waals surface area contributed by atoms with Gasteiger partial charge >= 0.3 is 6.03 Å². The number of carbonyl (C=O) groups is 2. The summed E-state index contributed by atoms with van der Waals surface area (Å²) >= 11 is 0. The number of nitrogens with zero attached hydrogens (tertiary/aromatic N) is 4. The van der Waals surface area contributed by atoms with Gasteiger partial charge in [0.05, 0.1) is 12.3 Å². The molecule has 0 saturated carbocycles. The Hall–Kier alpha value is -3.00. The second-order valence-corrected chi connectivity index (χ2v) is 8.56. The number of piperidine rings is 1. The summed E-state index contributed by atoms with van der Waals surface area (Å²) in [7, 11) is 0. The van der Waals surface area contributed by atoms with Gasteiger partial charge in [-0.1, -0.05) is 6.07 Å². The summed E-state index contributed by atoms with van der Waals surface area (Å²) in [5.41, 5.74) is 4.11. The molecule has 0 unspecified atom stereocenters. The normalized spacial score (nSPS) is 20.0. The van der Waals surface area contributed by atoms with Gasteiger partial charge < -0.3 is 15.0 Å². The van der Waals surface area contributed by atoms with Gasteiger partial charge in [0.25, 0.3) is 5.91 Å². The molecule has 31 heavy (non-hydrogen) atoms. The van der Waals surface area contributed by atoms with Crippen molar-refractivity contribution in [2.75, 3.05) is 37.7 Å². The predicted octanol–water partition coefficient (Wildman–Crippen LogP) is 2.33. The van der Waals surface area contributed by atoms with Gasteiger partial charge in [0.1, 0.15) is 11.4 Å². The molecule has 2 aromatic rings. The fourth-order valence-corrected chi connectivity index (χ4v) is 4.87. The van der Waals surface area contributed by atoms with Gasteiger partial charge in [-0.2, -0.15) is 0 Å². The first-order valence-electron chi connectivity index (χ1n) is 10.9. The van der Waals surface area contributed by atoms with Crippen LogP contribution >= 0.6 is 0 Å². The first-order chi connectivity index (χ1) is 15.0. The topological polar surface area (TPSA) is 87.7 Å². The average molecular weight is 422 g/mol.